The van der Waals surface area contributed by atoms with E-state index in [2.05, 4.69) is 0 Å². The van der Waals surface area contributed by atoms with Crippen molar-refractivity contribution < 1.29 is 14.3 Å². The Morgan fingerprint density at radius 2 is 2.35 bits per heavy atom. The molecule has 1 aliphatic rings. The lowest BCUT2D eigenvalue weighted by Crippen LogP contribution is -2.35. The molecule has 1 aliphatic heterocycles. The van der Waals surface area contributed by atoms with Crippen LogP contribution in [0, 0.1) is 5.82 Å². The van der Waals surface area contributed by atoms with E-state index >= 15 is 0 Å². The van der Waals surface area contributed by atoms with Crippen LogP contribution < -0.4 is 0 Å². The topological polar surface area (TPSA) is 40.5 Å². The molecule has 0 bridgehead atoms. The Balaban J connectivity index is 2.20. The zero-order chi connectivity index (χ0) is 12.4. The first kappa shape index (κ1) is 12.0. The summed E-state index contributed by atoms with van der Waals surface area (Å²) in [6, 6.07) is 5.73. The van der Waals surface area contributed by atoms with Gasteiger partial charge in [0, 0.05) is 18.2 Å². The number of hydrogen-bond donors (Lipinski definition) is 1. The van der Waals surface area contributed by atoms with Crippen molar-refractivity contribution in [2.45, 2.75) is 31.9 Å². The van der Waals surface area contributed by atoms with Gasteiger partial charge in [0.25, 0.3) is 5.91 Å². The highest BCUT2D eigenvalue weighted by Gasteiger charge is 2.33. The largest absolute Gasteiger partial charge is 0.391 e. The second kappa shape index (κ2) is 4.84. The van der Waals surface area contributed by atoms with Crippen molar-refractivity contribution in [3.63, 3.8) is 0 Å². The Morgan fingerprint density at radius 3 is 3.00 bits per heavy atom. The van der Waals surface area contributed by atoms with Gasteiger partial charge >= 0.3 is 0 Å². The van der Waals surface area contributed by atoms with Crippen LogP contribution in [0.1, 0.15) is 30.1 Å². The van der Waals surface area contributed by atoms with Crippen LogP contribution in [0.4, 0.5) is 4.39 Å². The van der Waals surface area contributed by atoms with E-state index in [0.717, 1.165) is 6.42 Å². The molecule has 3 nitrogen and oxygen atoms in total. The number of nitrogens with zero attached hydrogens (tertiary/aromatic N) is 1. The highest BCUT2D eigenvalue weighted by atomic mass is 19.1. The SMILES string of the molecule is CC[C@@H]1C[C@@H](O)CN1C(=O)c1cccc(F)c1. The van der Waals surface area contributed by atoms with E-state index in [1.54, 1.807) is 11.0 Å². The van der Waals surface area contributed by atoms with Gasteiger partial charge in [-0.1, -0.05) is 13.0 Å². The fourth-order valence-corrected chi connectivity index (χ4v) is 2.32. The average molecular weight is 237 g/mol. The van der Waals surface area contributed by atoms with Crippen LogP contribution in [0.25, 0.3) is 0 Å². The molecule has 1 amide bonds. The van der Waals surface area contributed by atoms with Crippen molar-refractivity contribution in [1.29, 1.82) is 0 Å². The minimum Gasteiger partial charge on any atom is -0.391 e. The zero-order valence-electron chi connectivity index (χ0n) is 9.77. The smallest absolute Gasteiger partial charge is 0.254 e. The number of halogens is 1. The molecule has 0 saturated carbocycles. The maximum absolute atomic E-state index is 13.1. The van der Waals surface area contributed by atoms with Gasteiger partial charge in [-0.2, -0.15) is 0 Å². The Labute approximate surface area is 99.9 Å². The van der Waals surface area contributed by atoms with Crippen molar-refractivity contribution in [3.05, 3.63) is 35.6 Å². The highest BCUT2D eigenvalue weighted by Crippen LogP contribution is 2.22. The van der Waals surface area contributed by atoms with E-state index in [9.17, 15) is 14.3 Å². The number of carbonyl (C=O) groups is 1. The molecule has 1 fully saturated rings. The van der Waals surface area contributed by atoms with Crippen LogP contribution in [0.2, 0.25) is 0 Å². The molecule has 1 N–H and O–H groups in total. The van der Waals surface area contributed by atoms with Gasteiger partial charge in [-0.25, -0.2) is 4.39 Å². The van der Waals surface area contributed by atoms with Gasteiger partial charge in [0.2, 0.25) is 0 Å². The van der Waals surface area contributed by atoms with Crippen molar-refractivity contribution >= 4 is 5.91 Å². The maximum atomic E-state index is 13.1. The van der Waals surface area contributed by atoms with Crippen molar-refractivity contribution in [2.24, 2.45) is 0 Å². The summed E-state index contributed by atoms with van der Waals surface area (Å²) in [5.41, 5.74) is 0.345. The molecule has 0 unspecified atom stereocenters. The fourth-order valence-electron chi connectivity index (χ4n) is 2.32. The van der Waals surface area contributed by atoms with E-state index < -0.39 is 11.9 Å². The Morgan fingerprint density at radius 1 is 1.59 bits per heavy atom. The third-order valence-corrected chi connectivity index (χ3v) is 3.20. The number of rotatable bonds is 2. The molecular formula is C13H16FNO2. The zero-order valence-corrected chi connectivity index (χ0v) is 9.77. The third kappa shape index (κ3) is 2.47. The minimum absolute atomic E-state index is 0.0563. The number of carbonyl (C=O) groups excluding carboxylic acids is 1. The second-order valence-corrected chi connectivity index (χ2v) is 4.42. The van der Waals surface area contributed by atoms with Gasteiger partial charge in [-0.3, -0.25) is 4.79 Å². The van der Waals surface area contributed by atoms with Crippen LogP contribution in [-0.2, 0) is 0 Å². The minimum atomic E-state index is -0.461. The summed E-state index contributed by atoms with van der Waals surface area (Å²) >= 11 is 0. The summed E-state index contributed by atoms with van der Waals surface area (Å²) in [5, 5.41) is 9.58. The Hall–Kier alpha value is -1.42. The van der Waals surface area contributed by atoms with Gasteiger partial charge in [-0.05, 0) is 31.0 Å². The number of likely N-dealkylation sites (tertiary alicyclic amines) is 1. The van der Waals surface area contributed by atoms with Crippen LogP contribution in [0.5, 0.6) is 0 Å². The van der Waals surface area contributed by atoms with Crippen LogP contribution in [-0.4, -0.2) is 34.6 Å². The molecule has 0 aliphatic carbocycles. The number of β-amino-alcohol motifs (C(OH)–C–C–N with tert-alkyl or cyclic N) is 1. The van der Waals surface area contributed by atoms with E-state index in [1.165, 1.54) is 18.2 Å². The fraction of sp³-hybridized carbons (Fsp3) is 0.462. The molecule has 4 heteroatoms. The number of hydrogen-bond acceptors (Lipinski definition) is 2. The summed E-state index contributed by atoms with van der Waals surface area (Å²) in [7, 11) is 0. The standard InChI is InChI=1S/C13H16FNO2/c1-2-11-7-12(16)8-15(11)13(17)9-4-3-5-10(14)6-9/h3-6,11-12,16H,2,7-8H2,1H3/t11-,12-/m1/s1. The summed E-state index contributed by atoms with van der Waals surface area (Å²) in [5.74, 6) is -0.614. The number of amides is 1. The Bertz CT molecular complexity index is 422. The number of benzene rings is 1. The van der Waals surface area contributed by atoms with Gasteiger partial charge in [0.15, 0.2) is 0 Å². The van der Waals surface area contributed by atoms with E-state index in [1.807, 2.05) is 6.92 Å². The quantitative estimate of drug-likeness (QED) is 0.852. The maximum Gasteiger partial charge on any atom is 0.254 e. The number of aliphatic hydroxyl groups is 1. The normalized spacial score (nSPS) is 24.1. The summed E-state index contributed by atoms with van der Waals surface area (Å²) in [4.78, 5) is 13.8. The van der Waals surface area contributed by atoms with Gasteiger partial charge in [0.1, 0.15) is 5.82 Å². The molecule has 1 heterocycles. The van der Waals surface area contributed by atoms with E-state index in [-0.39, 0.29) is 11.9 Å². The van der Waals surface area contributed by atoms with Crippen LogP contribution in [0.15, 0.2) is 24.3 Å². The molecule has 1 aromatic carbocycles. The molecule has 92 valence electrons. The molecule has 0 aromatic heterocycles. The average Bonchev–Trinajstić information content (AvgIpc) is 2.69. The molecule has 0 spiro atoms. The summed E-state index contributed by atoms with van der Waals surface area (Å²) in [6.45, 7) is 2.32. The molecule has 1 saturated heterocycles. The lowest BCUT2D eigenvalue weighted by molar-refractivity contribution is 0.0713. The molecule has 2 atom stereocenters. The molecule has 17 heavy (non-hydrogen) atoms. The van der Waals surface area contributed by atoms with Crippen molar-refractivity contribution in [2.75, 3.05) is 6.54 Å². The van der Waals surface area contributed by atoms with Crippen molar-refractivity contribution in [3.8, 4) is 0 Å². The molecule has 1 aromatic rings. The van der Waals surface area contributed by atoms with Crippen LogP contribution >= 0.6 is 0 Å². The first-order valence-corrected chi connectivity index (χ1v) is 5.86. The monoisotopic (exact) mass is 237 g/mol. The first-order valence-electron chi connectivity index (χ1n) is 5.86. The van der Waals surface area contributed by atoms with Gasteiger partial charge < -0.3 is 10.0 Å². The molecule has 0 radical (unpaired) electrons. The first-order chi connectivity index (χ1) is 8.11. The molecule has 2 rings (SSSR count). The molecular weight excluding hydrogens is 221 g/mol. The third-order valence-electron chi connectivity index (χ3n) is 3.20. The lowest BCUT2D eigenvalue weighted by atomic mass is 10.1. The van der Waals surface area contributed by atoms with E-state index in [0.29, 0.717) is 18.5 Å². The second-order valence-electron chi connectivity index (χ2n) is 4.42. The van der Waals surface area contributed by atoms with Crippen LogP contribution in [0.3, 0.4) is 0 Å². The van der Waals surface area contributed by atoms with Crippen molar-refractivity contribution in [1.82, 2.24) is 4.90 Å². The predicted molar refractivity (Wildman–Crippen MR) is 62.1 cm³/mol. The highest BCUT2D eigenvalue weighted by molar-refractivity contribution is 5.94. The predicted octanol–water partition coefficient (Wildman–Crippen LogP) is 1.81. The van der Waals surface area contributed by atoms with E-state index in [4.69, 9.17) is 0 Å². The van der Waals surface area contributed by atoms with Gasteiger partial charge in [0.05, 0.1) is 6.10 Å². The van der Waals surface area contributed by atoms with Gasteiger partial charge in [-0.15, -0.1) is 0 Å². The summed E-state index contributed by atoms with van der Waals surface area (Å²) < 4.78 is 13.1. The Kier molecular flexibility index (Phi) is 3.43. The number of aliphatic hydroxyl groups excluding tert-OH is 1. The lowest BCUT2D eigenvalue weighted by Gasteiger charge is -2.23. The summed E-state index contributed by atoms with van der Waals surface area (Å²) in [6.07, 6.45) is 0.952.